The maximum Gasteiger partial charge on any atom is 0.230 e. The SMILES string of the molecule is O=C(CN1C(=O)CCC1=O)C1CCCC1. The second kappa shape index (κ2) is 4.13. The summed E-state index contributed by atoms with van der Waals surface area (Å²) in [6.07, 6.45) is 4.59. The first kappa shape index (κ1) is 10.3. The van der Waals surface area contributed by atoms with Gasteiger partial charge in [-0.2, -0.15) is 0 Å². The van der Waals surface area contributed by atoms with E-state index >= 15 is 0 Å². The van der Waals surface area contributed by atoms with E-state index < -0.39 is 0 Å². The largest absolute Gasteiger partial charge is 0.297 e. The van der Waals surface area contributed by atoms with Crippen LogP contribution in [0.25, 0.3) is 0 Å². The fourth-order valence-electron chi connectivity index (χ4n) is 2.33. The van der Waals surface area contributed by atoms with Crippen molar-refractivity contribution in [2.45, 2.75) is 38.5 Å². The molecule has 0 N–H and O–H groups in total. The number of carbonyl (C=O) groups is 3. The minimum Gasteiger partial charge on any atom is -0.297 e. The molecule has 0 bridgehead atoms. The molecule has 15 heavy (non-hydrogen) atoms. The lowest BCUT2D eigenvalue weighted by atomic mass is 10.0. The molecule has 0 spiro atoms. The molecule has 0 aromatic heterocycles. The Labute approximate surface area is 88.6 Å². The summed E-state index contributed by atoms with van der Waals surface area (Å²) >= 11 is 0. The van der Waals surface area contributed by atoms with Gasteiger partial charge in [-0.15, -0.1) is 0 Å². The summed E-state index contributed by atoms with van der Waals surface area (Å²) in [6, 6.07) is 0. The van der Waals surface area contributed by atoms with Crippen molar-refractivity contribution in [3.8, 4) is 0 Å². The molecule has 2 aliphatic rings. The quantitative estimate of drug-likeness (QED) is 0.649. The molecular formula is C11H15NO3. The van der Waals surface area contributed by atoms with Crippen molar-refractivity contribution in [3.05, 3.63) is 0 Å². The Morgan fingerprint density at radius 1 is 1.13 bits per heavy atom. The van der Waals surface area contributed by atoms with Crippen LogP contribution >= 0.6 is 0 Å². The topological polar surface area (TPSA) is 54.5 Å². The number of imide groups is 1. The van der Waals surface area contributed by atoms with Gasteiger partial charge in [0.15, 0.2) is 5.78 Å². The highest BCUT2D eigenvalue weighted by Gasteiger charge is 2.33. The zero-order valence-electron chi connectivity index (χ0n) is 8.70. The molecular weight excluding hydrogens is 194 g/mol. The normalized spacial score (nSPS) is 22.8. The molecule has 4 nitrogen and oxygen atoms in total. The van der Waals surface area contributed by atoms with Gasteiger partial charge in [0.05, 0.1) is 6.54 Å². The van der Waals surface area contributed by atoms with Gasteiger partial charge in [0.25, 0.3) is 0 Å². The van der Waals surface area contributed by atoms with Gasteiger partial charge in [0, 0.05) is 18.8 Å². The molecule has 1 aliphatic carbocycles. The molecule has 0 unspecified atom stereocenters. The number of carbonyl (C=O) groups excluding carboxylic acids is 3. The molecule has 0 aromatic rings. The van der Waals surface area contributed by atoms with Crippen LogP contribution in [0, 0.1) is 5.92 Å². The average molecular weight is 209 g/mol. The third kappa shape index (κ3) is 2.08. The maximum absolute atomic E-state index is 11.7. The first-order valence-corrected chi connectivity index (χ1v) is 5.54. The molecule has 1 heterocycles. The smallest absolute Gasteiger partial charge is 0.230 e. The number of likely N-dealkylation sites (tertiary alicyclic amines) is 1. The van der Waals surface area contributed by atoms with Crippen LogP contribution in [0.3, 0.4) is 0 Å². The van der Waals surface area contributed by atoms with Crippen LogP contribution in [-0.2, 0) is 14.4 Å². The third-order valence-electron chi connectivity index (χ3n) is 3.28. The summed E-state index contributed by atoms with van der Waals surface area (Å²) < 4.78 is 0. The molecule has 0 aromatic carbocycles. The highest BCUT2D eigenvalue weighted by Crippen LogP contribution is 2.26. The highest BCUT2D eigenvalue weighted by atomic mass is 16.2. The van der Waals surface area contributed by atoms with Gasteiger partial charge in [-0.3, -0.25) is 19.3 Å². The van der Waals surface area contributed by atoms with E-state index in [-0.39, 0.29) is 42.9 Å². The van der Waals surface area contributed by atoms with Gasteiger partial charge in [-0.25, -0.2) is 0 Å². The minimum atomic E-state index is -0.189. The second-order valence-corrected chi connectivity index (χ2v) is 4.32. The van der Waals surface area contributed by atoms with E-state index in [0.717, 1.165) is 30.6 Å². The molecule has 0 radical (unpaired) electrons. The van der Waals surface area contributed by atoms with Crippen molar-refractivity contribution >= 4 is 17.6 Å². The van der Waals surface area contributed by atoms with Crippen LogP contribution < -0.4 is 0 Å². The van der Waals surface area contributed by atoms with Crippen molar-refractivity contribution in [2.75, 3.05) is 6.54 Å². The Hall–Kier alpha value is -1.19. The van der Waals surface area contributed by atoms with Crippen molar-refractivity contribution in [1.82, 2.24) is 4.90 Å². The van der Waals surface area contributed by atoms with Gasteiger partial charge in [-0.05, 0) is 12.8 Å². The number of hydrogen-bond donors (Lipinski definition) is 0. The van der Waals surface area contributed by atoms with E-state index in [1.807, 2.05) is 0 Å². The molecule has 2 rings (SSSR count). The van der Waals surface area contributed by atoms with Crippen LogP contribution in [-0.4, -0.2) is 29.0 Å². The molecule has 0 atom stereocenters. The summed E-state index contributed by atoms with van der Waals surface area (Å²) in [6.45, 7) is 0.0162. The number of amides is 2. The lowest BCUT2D eigenvalue weighted by Gasteiger charge is -2.15. The predicted octanol–water partition coefficient (Wildman–Crippen LogP) is 0.895. The van der Waals surface area contributed by atoms with Crippen LogP contribution in [0.1, 0.15) is 38.5 Å². The Balaban J connectivity index is 1.93. The van der Waals surface area contributed by atoms with E-state index in [9.17, 15) is 14.4 Å². The number of rotatable bonds is 3. The molecule has 1 saturated carbocycles. The van der Waals surface area contributed by atoms with E-state index in [1.165, 1.54) is 0 Å². The third-order valence-corrected chi connectivity index (χ3v) is 3.28. The standard InChI is InChI=1S/C11H15NO3/c13-9(8-3-1-2-4-8)7-12-10(14)5-6-11(12)15/h8H,1-7H2. The minimum absolute atomic E-state index is 0.0162. The van der Waals surface area contributed by atoms with Gasteiger partial charge in [-0.1, -0.05) is 12.8 Å². The van der Waals surface area contributed by atoms with Gasteiger partial charge >= 0.3 is 0 Å². The number of ketones is 1. The zero-order valence-corrected chi connectivity index (χ0v) is 8.70. The summed E-state index contributed by atoms with van der Waals surface area (Å²) in [7, 11) is 0. The summed E-state index contributed by atoms with van der Waals surface area (Å²) in [5.41, 5.74) is 0. The lowest BCUT2D eigenvalue weighted by molar-refractivity contribution is -0.142. The predicted molar refractivity (Wildman–Crippen MR) is 52.9 cm³/mol. The number of hydrogen-bond acceptors (Lipinski definition) is 3. The van der Waals surface area contributed by atoms with Crippen molar-refractivity contribution < 1.29 is 14.4 Å². The van der Waals surface area contributed by atoms with Gasteiger partial charge < -0.3 is 0 Å². The van der Waals surface area contributed by atoms with Gasteiger partial charge in [0.1, 0.15) is 0 Å². The molecule has 2 fully saturated rings. The Morgan fingerprint density at radius 2 is 1.67 bits per heavy atom. The van der Waals surface area contributed by atoms with Crippen LogP contribution in [0.5, 0.6) is 0 Å². The lowest BCUT2D eigenvalue weighted by Crippen LogP contribution is -2.36. The number of Topliss-reactive ketones (excluding diaryl/α,β-unsaturated/α-hetero) is 1. The maximum atomic E-state index is 11.7. The number of nitrogens with zero attached hydrogens (tertiary/aromatic N) is 1. The Bertz CT molecular complexity index is 289. The first-order chi connectivity index (χ1) is 7.18. The Kier molecular flexibility index (Phi) is 2.84. The van der Waals surface area contributed by atoms with E-state index in [0.29, 0.717) is 0 Å². The fraction of sp³-hybridized carbons (Fsp3) is 0.727. The van der Waals surface area contributed by atoms with Crippen LogP contribution in [0.15, 0.2) is 0 Å². The van der Waals surface area contributed by atoms with Gasteiger partial charge in [0.2, 0.25) is 11.8 Å². The summed E-state index contributed by atoms with van der Waals surface area (Å²) in [4.78, 5) is 35.4. The molecule has 82 valence electrons. The molecule has 1 aliphatic heterocycles. The van der Waals surface area contributed by atoms with Crippen LogP contribution in [0.2, 0.25) is 0 Å². The zero-order chi connectivity index (χ0) is 10.8. The summed E-state index contributed by atoms with van der Waals surface area (Å²) in [5.74, 6) is -0.222. The van der Waals surface area contributed by atoms with Crippen LogP contribution in [0.4, 0.5) is 0 Å². The average Bonchev–Trinajstić information content (AvgIpc) is 2.82. The van der Waals surface area contributed by atoms with Crippen molar-refractivity contribution in [1.29, 1.82) is 0 Å². The fourth-order valence-corrected chi connectivity index (χ4v) is 2.33. The second-order valence-electron chi connectivity index (χ2n) is 4.32. The molecule has 1 saturated heterocycles. The van der Waals surface area contributed by atoms with E-state index in [4.69, 9.17) is 0 Å². The molecule has 4 heteroatoms. The molecule has 2 amide bonds. The highest BCUT2D eigenvalue weighted by molar-refractivity contribution is 6.04. The monoisotopic (exact) mass is 209 g/mol. The van der Waals surface area contributed by atoms with Crippen molar-refractivity contribution in [3.63, 3.8) is 0 Å². The first-order valence-electron chi connectivity index (χ1n) is 5.54. The van der Waals surface area contributed by atoms with E-state index in [2.05, 4.69) is 0 Å². The van der Waals surface area contributed by atoms with E-state index in [1.54, 1.807) is 0 Å². The van der Waals surface area contributed by atoms with Crippen molar-refractivity contribution in [2.24, 2.45) is 5.92 Å². The Morgan fingerprint density at radius 3 is 2.20 bits per heavy atom. The summed E-state index contributed by atoms with van der Waals surface area (Å²) in [5, 5.41) is 0.